The highest BCUT2D eigenvalue weighted by molar-refractivity contribution is 7.93. The lowest BCUT2D eigenvalue weighted by molar-refractivity contribution is -0.135. The maximum absolute atomic E-state index is 14.1. The number of ether oxygens (including phenoxy) is 2. The summed E-state index contributed by atoms with van der Waals surface area (Å²) in [6.45, 7) is 2.86. The van der Waals surface area contributed by atoms with Gasteiger partial charge >= 0.3 is 0 Å². The van der Waals surface area contributed by atoms with Gasteiger partial charge in [-0.05, 0) is 74.1 Å². The molecule has 1 saturated carbocycles. The van der Waals surface area contributed by atoms with Gasteiger partial charge in [-0.15, -0.1) is 0 Å². The monoisotopic (exact) mass is 505 g/mol. The molecule has 10 heteroatoms. The van der Waals surface area contributed by atoms with E-state index in [9.17, 15) is 18.4 Å². The molecule has 0 saturated heterocycles. The van der Waals surface area contributed by atoms with E-state index < -0.39 is 26.5 Å². The van der Waals surface area contributed by atoms with Crippen molar-refractivity contribution in [2.75, 3.05) is 13.7 Å². The Morgan fingerprint density at radius 1 is 1.11 bits per heavy atom. The fourth-order valence-corrected chi connectivity index (χ4v) is 6.73. The first kappa shape index (κ1) is 27.1. The predicted octanol–water partition coefficient (Wildman–Crippen LogP) is 3.23. The average Bonchev–Trinajstić information content (AvgIpc) is 2.90. The second-order valence-corrected chi connectivity index (χ2v) is 10.9. The summed E-state index contributed by atoms with van der Waals surface area (Å²) in [6, 6.07) is 9.40. The van der Waals surface area contributed by atoms with Crippen LogP contribution in [0.1, 0.15) is 51.0 Å². The lowest BCUT2D eigenvalue weighted by Gasteiger charge is -2.42. The van der Waals surface area contributed by atoms with Crippen molar-refractivity contribution >= 4 is 15.7 Å². The van der Waals surface area contributed by atoms with Gasteiger partial charge in [-0.25, -0.2) is 13.9 Å². The topological polar surface area (TPSA) is 127 Å². The summed E-state index contributed by atoms with van der Waals surface area (Å²) >= 11 is 0. The van der Waals surface area contributed by atoms with E-state index in [1.54, 1.807) is 30.0 Å². The Bertz CT molecular complexity index is 1040. The minimum atomic E-state index is -4.30. The van der Waals surface area contributed by atoms with Crippen LogP contribution in [0, 0.1) is 5.92 Å². The molecule has 1 atom stereocenters. The van der Waals surface area contributed by atoms with Gasteiger partial charge in [-0.2, -0.15) is 0 Å². The highest BCUT2D eigenvalue weighted by Gasteiger charge is 2.57. The standard InChI is InChI=1S/C25H35N3O6S/c1-3-4-17-34-22-7-5-20(6-8-22)25(24(29)28-30,27-18-19-13-15-26-16-14-19)35(31,32)23-11-9-21(33-2)10-12-23/h9-16,20,22,27,30H,3-8,17-18H2,1-2H3,(H,28,29)/t20?,22?,25-/m1/s1. The highest BCUT2D eigenvalue weighted by Crippen LogP contribution is 2.41. The number of nitrogens with one attached hydrogen (secondary N) is 2. The average molecular weight is 506 g/mol. The SMILES string of the molecule is CCCCOC1CCC([C@](NCc2ccncc2)(C(=O)NO)S(=O)(=O)c2ccc(OC)cc2)CC1. The molecule has 192 valence electrons. The summed E-state index contributed by atoms with van der Waals surface area (Å²) in [4.78, 5) is 15.2. The molecule has 1 aromatic heterocycles. The molecular weight excluding hydrogens is 470 g/mol. The van der Waals surface area contributed by atoms with Crippen LogP contribution in [0.5, 0.6) is 5.75 Å². The first-order valence-electron chi connectivity index (χ1n) is 12.0. The van der Waals surface area contributed by atoms with Crippen LogP contribution in [-0.2, 0) is 25.9 Å². The Morgan fingerprint density at radius 2 is 1.77 bits per heavy atom. The molecule has 0 spiro atoms. The zero-order chi connectivity index (χ0) is 25.3. The van der Waals surface area contributed by atoms with Crippen LogP contribution in [0.25, 0.3) is 0 Å². The van der Waals surface area contributed by atoms with Gasteiger partial charge in [0.05, 0.1) is 18.1 Å². The lowest BCUT2D eigenvalue weighted by atomic mass is 9.81. The van der Waals surface area contributed by atoms with Crippen molar-refractivity contribution in [1.29, 1.82) is 0 Å². The number of hydrogen-bond acceptors (Lipinski definition) is 8. The van der Waals surface area contributed by atoms with Crippen LogP contribution in [0.4, 0.5) is 0 Å². The number of nitrogens with zero attached hydrogens (tertiary/aromatic N) is 1. The predicted molar refractivity (Wildman–Crippen MR) is 131 cm³/mol. The molecule has 35 heavy (non-hydrogen) atoms. The minimum absolute atomic E-state index is 0.0246. The number of aromatic nitrogens is 1. The summed E-state index contributed by atoms with van der Waals surface area (Å²) in [5.74, 6) is -1.09. The molecule has 1 amide bonds. The number of hydroxylamine groups is 1. The number of sulfone groups is 1. The van der Waals surface area contributed by atoms with Gasteiger partial charge in [0.25, 0.3) is 5.91 Å². The molecule has 1 aromatic carbocycles. The molecule has 1 aliphatic carbocycles. The summed E-state index contributed by atoms with van der Waals surface area (Å²) in [5.41, 5.74) is 2.40. The summed E-state index contributed by atoms with van der Waals surface area (Å²) < 4.78 is 39.4. The van der Waals surface area contributed by atoms with Gasteiger partial charge < -0.3 is 9.47 Å². The van der Waals surface area contributed by atoms with E-state index in [1.165, 1.54) is 31.4 Å². The first-order valence-corrected chi connectivity index (χ1v) is 13.5. The Balaban J connectivity index is 1.98. The van der Waals surface area contributed by atoms with E-state index in [2.05, 4.69) is 17.2 Å². The van der Waals surface area contributed by atoms with Crippen molar-refractivity contribution in [1.82, 2.24) is 15.8 Å². The molecule has 9 nitrogen and oxygen atoms in total. The zero-order valence-electron chi connectivity index (χ0n) is 20.3. The molecule has 0 radical (unpaired) electrons. The number of carbonyl (C=O) groups excluding carboxylic acids is 1. The number of hydrogen-bond donors (Lipinski definition) is 3. The highest BCUT2D eigenvalue weighted by atomic mass is 32.2. The number of carbonyl (C=O) groups is 1. The van der Waals surface area contributed by atoms with Crippen molar-refractivity contribution in [3.05, 3.63) is 54.4 Å². The number of unbranched alkanes of at least 4 members (excludes halogenated alkanes) is 1. The Labute approximate surface area is 207 Å². The lowest BCUT2D eigenvalue weighted by Crippen LogP contribution is -2.66. The zero-order valence-corrected chi connectivity index (χ0v) is 21.1. The second kappa shape index (κ2) is 12.4. The van der Waals surface area contributed by atoms with E-state index in [4.69, 9.17) is 9.47 Å². The molecule has 0 bridgehead atoms. The number of pyridine rings is 1. The number of benzene rings is 1. The Morgan fingerprint density at radius 3 is 2.34 bits per heavy atom. The smallest absolute Gasteiger partial charge is 0.280 e. The van der Waals surface area contributed by atoms with Crippen molar-refractivity contribution < 1.29 is 27.9 Å². The van der Waals surface area contributed by atoms with Crippen molar-refractivity contribution in [2.24, 2.45) is 5.92 Å². The minimum Gasteiger partial charge on any atom is -0.497 e. The third-order valence-electron chi connectivity index (χ3n) is 6.64. The summed E-state index contributed by atoms with van der Waals surface area (Å²) in [7, 11) is -2.81. The van der Waals surface area contributed by atoms with Gasteiger partial charge in [0, 0.05) is 31.5 Å². The molecule has 0 unspecified atom stereocenters. The normalized spacial score (nSPS) is 20.1. The van der Waals surface area contributed by atoms with Gasteiger partial charge in [-0.1, -0.05) is 13.3 Å². The second-order valence-electron chi connectivity index (χ2n) is 8.76. The van der Waals surface area contributed by atoms with E-state index >= 15 is 0 Å². The van der Waals surface area contributed by atoms with Gasteiger partial charge in [0.1, 0.15) is 5.75 Å². The third kappa shape index (κ3) is 6.00. The fourth-order valence-electron chi connectivity index (χ4n) is 4.63. The van der Waals surface area contributed by atoms with Crippen LogP contribution in [-0.4, -0.2) is 49.2 Å². The van der Waals surface area contributed by atoms with Crippen LogP contribution in [0.3, 0.4) is 0 Å². The Hall–Kier alpha value is -2.53. The quantitative estimate of drug-likeness (QED) is 0.228. The number of rotatable bonds is 12. The van der Waals surface area contributed by atoms with Crippen molar-refractivity contribution in [2.45, 2.75) is 67.9 Å². The number of amides is 1. The van der Waals surface area contributed by atoms with Crippen molar-refractivity contribution in [3.8, 4) is 5.75 Å². The largest absolute Gasteiger partial charge is 0.497 e. The van der Waals surface area contributed by atoms with Crippen LogP contribution >= 0.6 is 0 Å². The summed E-state index contributed by atoms with van der Waals surface area (Å²) in [5, 5.41) is 12.8. The van der Waals surface area contributed by atoms with Gasteiger partial charge in [0.15, 0.2) is 0 Å². The fraction of sp³-hybridized carbons (Fsp3) is 0.520. The molecule has 1 fully saturated rings. The van der Waals surface area contributed by atoms with E-state index in [-0.39, 0.29) is 17.5 Å². The molecule has 3 N–H and O–H groups in total. The van der Waals surface area contributed by atoms with E-state index in [1.807, 2.05) is 0 Å². The van der Waals surface area contributed by atoms with Crippen molar-refractivity contribution in [3.63, 3.8) is 0 Å². The van der Waals surface area contributed by atoms with Gasteiger partial charge in [0.2, 0.25) is 14.7 Å². The third-order valence-corrected chi connectivity index (χ3v) is 9.04. The maximum atomic E-state index is 14.1. The van der Waals surface area contributed by atoms with Crippen LogP contribution in [0.15, 0.2) is 53.7 Å². The summed E-state index contributed by atoms with van der Waals surface area (Å²) in [6.07, 6.45) is 7.38. The van der Waals surface area contributed by atoms with Crippen LogP contribution < -0.4 is 15.5 Å². The van der Waals surface area contributed by atoms with Gasteiger partial charge in [-0.3, -0.25) is 20.3 Å². The molecule has 2 aromatic rings. The molecule has 3 rings (SSSR count). The maximum Gasteiger partial charge on any atom is 0.280 e. The molecule has 0 aliphatic heterocycles. The van der Waals surface area contributed by atoms with E-state index in [0.717, 1.165) is 18.4 Å². The molecule has 1 aliphatic rings. The first-order chi connectivity index (χ1) is 16.9. The molecule has 1 heterocycles. The molecular formula is C25H35N3O6S. The number of methoxy groups -OCH3 is 1. The van der Waals surface area contributed by atoms with Crippen LogP contribution in [0.2, 0.25) is 0 Å². The van der Waals surface area contributed by atoms with E-state index in [0.29, 0.717) is 38.0 Å². The Kier molecular flexibility index (Phi) is 9.62.